The van der Waals surface area contributed by atoms with Gasteiger partial charge in [-0.15, -0.1) is 0 Å². The van der Waals surface area contributed by atoms with E-state index in [0.29, 0.717) is 0 Å². The first-order chi connectivity index (χ1) is 1.73. The zero-order chi connectivity index (χ0) is 3.58. The van der Waals surface area contributed by atoms with Crippen molar-refractivity contribution in [2.24, 2.45) is 0 Å². The first kappa shape index (κ1) is 9.11. The molecule has 5 heavy (non-hydrogen) atoms. The Hall–Kier alpha value is 0.540. The average Bonchev–Trinajstić information content (AvgIpc) is 0.811. The van der Waals surface area contributed by atoms with Gasteiger partial charge < -0.3 is 4.79 Å². The molecule has 0 saturated heterocycles. The predicted octanol–water partition coefficient (Wildman–Crippen LogP) is 0.593. The van der Waals surface area contributed by atoms with Gasteiger partial charge in [-0.3, -0.25) is 0 Å². The van der Waals surface area contributed by atoms with E-state index in [-0.39, 0.29) is 31.6 Å². The second kappa shape index (κ2) is 4.54. The van der Waals surface area contributed by atoms with Gasteiger partial charge in [-0.2, -0.15) is 0 Å². The van der Waals surface area contributed by atoms with Crippen LogP contribution in [0.15, 0.2) is 0 Å². The minimum Gasteiger partial charge on any atom is -0.300 e. The molecule has 0 aromatic rings. The van der Waals surface area contributed by atoms with Crippen LogP contribution in [0.4, 0.5) is 0 Å². The molecular weight excluding hydrogens is 231 g/mol. The summed E-state index contributed by atoms with van der Waals surface area (Å²) in [5, 5.41) is 0. The van der Waals surface area contributed by atoms with E-state index in [1.54, 1.807) is 0 Å². The second-order valence-corrected chi connectivity index (χ2v) is 0.908. The van der Waals surface area contributed by atoms with Crippen molar-refractivity contribution in [3.8, 4) is 0 Å². The summed E-state index contributed by atoms with van der Waals surface area (Å²) in [6, 6.07) is 0. The van der Waals surface area contributed by atoms with Crippen molar-refractivity contribution in [3.63, 3.8) is 0 Å². The summed E-state index contributed by atoms with van der Waals surface area (Å²) in [4.78, 5) is 9.44. The minimum absolute atomic E-state index is 0. The third-order valence-electron chi connectivity index (χ3n) is 0. The SMILES string of the molecule is CC(C)=O.[Hf]. The summed E-state index contributed by atoms with van der Waals surface area (Å²) in [6.07, 6.45) is 0. The number of carbonyl (C=O) groups is 1. The molecule has 0 spiro atoms. The van der Waals surface area contributed by atoms with E-state index in [0.717, 1.165) is 0 Å². The molecule has 0 aromatic carbocycles. The van der Waals surface area contributed by atoms with Gasteiger partial charge in [-0.05, 0) is 13.8 Å². The smallest absolute Gasteiger partial charge is 0.126 e. The molecule has 0 atom stereocenters. The zero-order valence-corrected chi connectivity index (χ0v) is 7.00. The maximum Gasteiger partial charge on any atom is 0.126 e. The molecule has 0 N–H and O–H groups in total. The number of rotatable bonds is 0. The van der Waals surface area contributed by atoms with E-state index < -0.39 is 0 Å². The molecule has 2 heteroatoms. The van der Waals surface area contributed by atoms with Crippen LogP contribution in [0, 0.1) is 0 Å². The summed E-state index contributed by atoms with van der Waals surface area (Å²) in [5.41, 5.74) is 0. The van der Waals surface area contributed by atoms with Crippen LogP contribution in [-0.2, 0) is 30.6 Å². The topological polar surface area (TPSA) is 17.1 Å². The molecule has 0 aliphatic heterocycles. The van der Waals surface area contributed by atoms with E-state index in [4.69, 9.17) is 0 Å². The largest absolute Gasteiger partial charge is 0.300 e. The molecule has 0 unspecified atom stereocenters. The number of hydrogen-bond donors (Lipinski definition) is 0. The van der Waals surface area contributed by atoms with Crippen molar-refractivity contribution in [2.75, 3.05) is 0 Å². The Morgan fingerprint density at radius 2 is 1.40 bits per heavy atom. The summed E-state index contributed by atoms with van der Waals surface area (Å²) in [5.74, 6) is 0.167. The number of carbonyl (C=O) groups excluding carboxylic acids is 1. The van der Waals surface area contributed by atoms with Crippen molar-refractivity contribution < 1.29 is 30.6 Å². The van der Waals surface area contributed by atoms with Crippen LogP contribution in [0.2, 0.25) is 0 Å². The van der Waals surface area contributed by atoms with Crippen LogP contribution in [0.25, 0.3) is 0 Å². The van der Waals surface area contributed by atoms with E-state index in [2.05, 4.69) is 0 Å². The van der Waals surface area contributed by atoms with E-state index in [1.165, 1.54) is 13.8 Å². The van der Waals surface area contributed by atoms with Gasteiger partial charge in [0, 0.05) is 25.8 Å². The molecule has 28 valence electrons. The Kier molecular flexibility index (Phi) is 8.27. The van der Waals surface area contributed by atoms with Crippen molar-refractivity contribution >= 4 is 5.78 Å². The Morgan fingerprint density at radius 3 is 1.40 bits per heavy atom. The Morgan fingerprint density at radius 1 is 1.40 bits per heavy atom. The van der Waals surface area contributed by atoms with E-state index in [1.807, 2.05) is 0 Å². The van der Waals surface area contributed by atoms with Gasteiger partial charge >= 0.3 is 0 Å². The molecule has 0 amide bonds. The van der Waals surface area contributed by atoms with Crippen molar-refractivity contribution in [1.82, 2.24) is 0 Å². The standard InChI is InChI=1S/C3H6O.Hf/c1-3(2)4;/h1-2H3;. The van der Waals surface area contributed by atoms with Gasteiger partial charge in [0.2, 0.25) is 0 Å². The molecule has 0 aliphatic rings. The van der Waals surface area contributed by atoms with Crippen LogP contribution in [0.3, 0.4) is 0 Å². The Balaban J connectivity index is 0. The van der Waals surface area contributed by atoms with Gasteiger partial charge in [0.25, 0.3) is 0 Å². The molecule has 0 rings (SSSR count). The molecular formula is C3H6HfO. The van der Waals surface area contributed by atoms with Crippen molar-refractivity contribution in [2.45, 2.75) is 13.8 Å². The summed E-state index contributed by atoms with van der Waals surface area (Å²) in [6.45, 7) is 3.06. The van der Waals surface area contributed by atoms with Crippen molar-refractivity contribution in [3.05, 3.63) is 0 Å². The molecule has 0 aromatic heterocycles. The Bertz CT molecular complexity index is 29.9. The summed E-state index contributed by atoms with van der Waals surface area (Å²) < 4.78 is 0. The maximum atomic E-state index is 9.44. The molecule has 1 nitrogen and oxygen atoms in total. The second-order valence-electron chi connectivity index (χ2n) is 0.908. The van der Waals surface area contributed by atoms with Gasteiger partial charge in [0.1, 0.15) is 5.78 Å². The summed E-state index contributed by atoms with van der Waals surface area (Å²) in [7, 11) is 0. The zero-order valence-electron chi connectivity index (χ0n) is 3.41. The molecule has 0 aliphatic carbocycles. The molecule has 0 fully saturated rings. The third kappa shape index (κ3) is 100. The van der Waals surface area contributed by atoms with Crippen LogP contribution in [0.1, 0.15) is 13.8 Å². The first-order valence-electron chi connectivity index (χ1n) is 1.20. The molecule has 0 saturated carbocycles. The first-order valence-corrected chi connectivity index (χ1v) is 1.20. The fraction of sp³-hybridized carbons (Fsp3) is 0.667. The van der Waals surface area contributed by atoms with E-state index >= 15 is 0 Å². The molecule has 0 heterocycles. The third-order valence-corrected chi connectivity index (χ3v) is 0. The maximum absolute atomic E-state index is 9.44. The fourth-order valence-electron chi connectivity index (χ4n) is 0. The quantitative estimate of drug-likeness (QED) is 0.563. The fourth-order valence-corrected chi connectivity index (χ4v) is 0. The van der Waals surface area contributed by atoms with Gasteiger partial charge in [0.05, 0.1) is 0 Å². The number of ketones is 1. The van der Waals surface area contributed by atoms with Crippen LogP contribution in [0.5, 0.6) is 0 Å². The summed E-state index contributed by atoms with van der Waals surface area (Å²) >= 11 is 0. The molecule has 0 radical (unpaired) electrons. The number of Topliss-reactive ketones (excluding diaryl/α,β-unsaturated/α-hetero) is 1. The van der Waals surface area contributed by atoms with Gasteiger partial charge in [-0.1, -0.05) is 0 Å². The Labute approximate surface area is 50.5 Å². The van der Waals surface area contributed by atoms with Gasteiger partial charge in [0.15, 0.2) is 0 Å². The molecule has 0 bridgehead atoms. The monoisotopic (exact) mass is 238 g/mol. The minimum atomic E-state index is 0. The van der Waals surface area contributed by atoms with Crippen molar-refractivity contribution in [1.29, 1.82) is 0 Å². The van der Waals surface area contributed by atoms with Gasteiger partial charge in [-0.25, -0.2) is 0 Å². The van der Waals surface area contributed by atoms with Crippen LogP contribution < -0.4 is 0 Å². The predicted molar refractivity (Wildman–Crippen MR) is 16.4 cm³/mol. The van der Waals surface area contributed by atoms with Crippen LogP contribution in [-0.4, -0.2) is 5.78 Å². The van der Waals surface area contributed by atoms with E-state index in [9.17, 15) is 4.79 Å². The average molecular weight is 237 g/mol. The normalized spacial score (nSPS) is 5.20. The van der Waals surface area contributed by atoms with Crippen LogP contribution >= 0.6 is 0 Å². The number of hydrogen-bond acceptors (Lipinski definition) is 1.